The van der Waals surface area contributed by atoms with Crippen molar-refractivity contribution < 1.29 is 0 Å². The van der Waals surface area contributed by atoms with E-state index >= 15 is 0 Å². The van der Waals surface area contributed by atoms with E-state index in [1.54, 1.807) is 0 Å². The van der Waals surface area contributed by atoms with Gasteiger partial charge in [-0.2, -0.15) is 0 Å². The predicted octanol–water partition coefficient (Wildman–Crippen LogP) is 14.4. The highest BCUT2D eigenvalue weighted by Crippen LogP contribution is 2.62. The van der Waals surface area contributed by atoms with Gasteiger partial charge >= 0.3 is 0 Å². The summed E-state index contributed by atoms with van der Waals surface area (Å²) in [5, 5.41) is 2.41. The molecule has 0 fully saturated rings. The van der Waals surface area contributed by atoms with E-state index in [0.29, 0.717) is 17.5 Å². The van der Waals surface area contributed by atoms with Crippen molar-refractivity contribution in [3.63, 3.8) is 0 Å². The Bertz CT molecular complexity index is 3280. The highest BCUT2D eigenvalue weighted by atomic mass is 15.0. The fourth-order valence-electron chi connectivity index (χ4n) is 10.6. The molecule has 12 rings (SSSR count). The second-order valence-electron chi connectivity index (χ2n) is 17.1. The van der Waals surface area contributed by atoms with E-state index in [9.17, 15) is 0 Å². The Kier molecular flexibility index (Phi) is 8.10. The molecule has 3 heteroatoms. The number of nitrogens with zero attached hydrogens (tertiary/aromatic N) is 3. The van der Waals surface area contributed by atoms with Crippen LogP contribution in [0.4, 0.5) is 0 Å². The predicted molar refractivity (Wildman–Crippen MR) is 254 cm³/mol. The Hall–Kier alpha value is -7.75. The molecule has 0 N–H and O–H groups in total. The van der Waals surface area contributed by atoms with E-state index < -0.39 is 5.41 Å². The van der Waals surface area contributed by atoms with Crippen molar-refractivity contribution in [1.82, 2.24) is 15.0 Å². The van der Waals surface area contributed by atoms with E-state index in [-0.39, 0.29) is 5.41 Å². The van der Waals surface area contributed by atoms with Crippen LogP contribution in [0.15, 0.2) is 212 Å². The topological polar surface area (TPSA) is 38.7 Å². The summed E-state index contributed by atoms with van der Waals surface area (Å²) in [6.45, 7) is 4.76. The van der Waals surface area contributed by atoms with E-state index in [1.807, 2.05) is 60.7 Å². The molecule has 9 aromatic carbocycles. The van der Waals surface area contributed by atoms with Crippen molar-refractivity contribution in [2.24, 2.45) is 0 Å². The fourth-order valence-corrected chi connectivity index (χ4v) is 10.6. The average molecular weight is 792 g/mol. The molecule has 10 aromatic rings. The van der Waals surface area contributed by atoms with Gasteiger partial charge in [0, 0.05) is 22.1 Å². The molecule has 0 radical (unpaired) electrons. The largest absolute Gasteiger partial charge is 0.208 e. The second kappa shape index (κ2) is 13.9. The van der Waals surface area contributed by atoms with Crippen LogP contribution in [0.5, 0.6) is 0 Å². The normalized spacial score (nSPS) is 13.9. The van der Waals surface area contributed by atoms with Crippen LogP contribution in [0.25, 0.3) is 78.3 Å². The van der Waals surface area contributed by atoms with Crippen LogP contribution in [0.1, 0.15) is 47.2 Å². The molecule has 0 aliphatic heterocycles. The first-order chi connectivity index (χ1) is 30.5. The Labute approximate surface area is 362 Å². The summed E-state index contributed by atoms with van der Waals surface area (Å²) in [4.78, 5) is 15.0. The van der Waals surface area contributed by atoms with Gasteiger partial charge in [-0.25, -0.2) is 15.0 Å². The Morgan fingerprint density at radius 1 is 0.274 bits per heavy atom. The summed E-state index contributed by atoms with van der Waals surface area (Å²) < 4.78 is 0. The zero-order valence-electron chi connectivity index (χ0n) is 34.5. The maximum Gasteiger partial charge on any atom is 0.164 e. The van der Waals surface area contributed by atoms with Crippen molar-refractivity contribution in [3.8, 4) is 67.5 Å². The highest BCUT2D eigenvalue weighted by Gasteiger charge is 2.53. The van der Waals surface area contributed by atoms with Crippen LogP contribution in [-0.2, 0) is 10.8 Å². The van der Waals surface area contributed by atoms with Gasteiger partial charge in [-0.3, -0.25) is 0 Å². The SMILES string of the molecule is CC1(C)c2ccccc2C2(c3ccccc3-c3ccc(-c4ccc(-c5cccc(-c6nc(-c7ccccc7)nc(-c7ccccc7)n6)c5)c5ccccc45)cc32)c2ccccc21. The summed E-state index contributed by atoms with van der Waals surface area (Å²) in [5.41, 5.74) is 17.8. The number of benzene rings is 9. The Morgan fingerprint density at radius 2 is 0.677 bits per heavy atom. The van der Waals surface area contributed by atoms with Crippen molar-refractivity contribution in [2.45, 2.75) is 24.7 Å². The number of rotatable bonds is 5. The first kappa shape index (κ1) is 36.1. The minimum absolute atomic E-state index is 0.144. The summed E-state index contributed by atoms with van der Waals surface area (Å²) >= 11 is 0. The van der Waals surface area contributed by atoms with Gasteiger partial charge in [0.05, 0.1) is 5.41 Å². The van der Waals surface area contributed by atoms with Gasteiger partial charge in [0.25, 0.3) is 0 Å². The second-order valence-corrected chi connectivity index (χ2v) is 17.1. The van der Waals surface area contributed by atoms with Crippen LogP contribution in [0.3, 0.4) is 0 Å². The highest BCUT2D eigenvalue weighted by molar-refractivity contribution is 6.06. The van der Waals surface area contributed by atoms with Gasteiger partial charge in [0.1, 0.15) is 0 Å². The van der Waals surface area contributed by atoms with Crippen LogP contribution in [0.2, 0.25) is 0 Å². The van der Waals surface area contributed by atoms with Crippen molar-refractivity contribution in [2.75, 3.05) is 0 Å². The molecule has 2 aliphatic carbocycles. The van der Waals surface area contributed by atoms with Gasteiger partial charge in [-0.05, 0) is 89.7 Å². The maximum absolute atomic E-state index is 5.04. The van der Waals surface area contributed by atoms with E-state index in [1.165, 1.54) is 66.4 Å². The molecule has 0 amide bonds. The third-order valence-corrected chi connectivity index (χ3v) is 13.4. The molecule has 0 atom stereocenters. The van der Waals surface area contributed by atoms with Crippen LogP contribution in [0, 0.1) is 0 Å². The van der Waals surface area contributed by atoms with Crippen LogP contribution in [-0.4, -0.2) is 15.0 Å². The summed E-state index contributed by atoms with van der Waals surface area (Å²) in [6, 6.07) is 77.0. The lowest BCUT2D eigenvalue weighted by Gasteiger charge is -2.46. The molecule has 0 unspecified atom stereocenters. The van der Waals surface area contributed by atoms with Gasteiger partial charge in [-0.1, -0.05) is 214 Å². The molecule has 0 saturated carbocycles. The van der Waals surface area contributed by atoms with Gasteiger partial charge in [-0.15, -0.1) is 0 Å². The molecule has 0 bridgehead atoms. The first-order valence-electron chi connectivity index (χ1n) is 21.4. The lowest BCUT2D eigenvalue weighted by atomic mass is 9.55. The van der Waals surface area contributed by atoms with E-state index in [0.717, 1.165) is 27.8 Å². The Morgan fingerprint density at radius 3 is 1.26 bits per heavy atom. The van der Waals surface area contributed by atoms with Crippen molar-refractivity contribution >= 4 is 10.8 Å². The molecule has 1 heterocycles. The summed E-state index contributed by atoms with van der Waals surface area (Å²) in [5.74, 6) is 1.94. The third-order valence-electron chi connectivity index (χ3n) is 13.4. The third kappa shape index (κ3) is 5.34. The molecule has 292 valence electrons. The monoisotopic (exact) mass is 791 g/mol. The molecular weight excluding hydrogens is 751 g/mol. The minimum atomic E-state index is -0.448. The number of hydrogen-bond donors (Lipinski definition) is 0. The molecule has 0 saturated heterocycles. The average Bonchev–Trinajstić information content (AvgIpc) is 3.63. The molecule has 62 heavy (non-hydrogen) atoms. The number of fused-ring (bicyclic) bond motifs is 10. The van der Waals surface area contributed by atoms with E-state index in [2.05, 4.69) is 166 Å². The van der Waals surface area contributed by atoms with Gasteiger partial charge < -0.3 is 0 Å². The molecule has 1 spiro atoms. The fraction of sp³-hybridized carbons (Fsp3) is 0.0678. The van der Waals surface area contributed by atoms with E-state index in [4.69, 9.17) is 15.0 Å². The first-order valence-corrected chi connectivity index (χ1v) is 21.4. The quantitative estimate of drug-likeness (QED) is 0.174. The molecule has 1 aromatic heterocycles. The van der Waals surface area contributed by atoms with Crippen LogP contribution < -0.4 is 0 Å². The van der Waals surface area contributed by atoms with Crippen molar-refractivity contribution in [1.29, 1.82) is 0 Å². The molecular formula is C59H41N3. The van der Waals surface area contributed by atoms with Gasteiger partial charge in [0.15, 0.2) is 17.5 Å². The maximum atomic E-state index is 5.04. The summed E-state index contributed by atoms with van der Waals surface area (Å²) in [6.07, 6.45) is 0. The molecule has 2 aliphatic rings. The van der Waals surface area contributed by atoms with Crippen molar-refractivity contribution in [3.05, 3.63) is 246 Å². The van der Waals surface area contributed by atoms with Gasteiger partial charge in [0.2, 0.25) is 0 Å². The minimum Gasteiger partial charge on any atom is -0.208 e. The zero-order valence-corrected chi connectivity index (χ0v) is 34.5. The Balaban J connectivity index is 1.01. The molecule has 3 nitrogen and oxygen atoms in total. The smallest absolute Gasteiger partial charge is 0.164 e. The lowest BCUT2D eigenvalue weighted by molar-refractivity contribution is 0.563. The lowest BCUT2D eigenvalue weighted by Crippen LogP contribution is -2.40. The van der Waals surface area contributed by atoms with Crippen LogP contribution >= 0.6 is 0 Å². The number of aromatic nitrogens is 3. The summed E-state index contributed by atoms with van der Waals surface area (Å²) in [7, 11) is 0. The standard InChI is InChI=1S/C59H41N3/c1-58(2)50-28-13-15-30-52(50)59(53-31-16-14-29-51(53)58)49-27-12-11-26-47(49)48-33-32-41(37-54(48)59)44-35-34-43(45-24-9-10-25-46(44)45)40-22-17-23-42(36-40)57-61-55(38-18-5-3-6-19-38)60-56(62-57)39-20-7-4-8-21-39/h3-37H,1-2H3. The zero-order chi connectivity index (χ0) is 41.4. The number of hydrogen-bond acceptors (Lipinski definition) is 3.